The quantitative estimate of drug-likeness (QED) is 0.148. The van der Waals surface area contributed by atoms with Gasteiger partial charge in [0.25, 0.3) is 0 Å². The summed E-state index contributed by atoms with van der Waals surface area (Å²) < 4.78 is 8.29. The van der Waals surface area contributed by atoms with Crippen LogP contribution in [0.4, 0.5) is 45.5 Å². The smallest absolute Gasteiger partial charge is 0.151 e. The van der Waals surface area contributed by atoms with Crippen molar-refractivity contribution < 1.29 is 4.74 Å². The van der Waals surface area contributed by atoms with Crippen molar-refractivity contribution in [3.63, 3.8) is 0 Å². The number of aromatic nitrogens is 1. The third-order valence-corrected chi connectivity index (χ3v) is 23.0. The van der Waals surface area contributed by atoms with Gasteiger partial charge < -0.3 is 28.9 Å². The van der Waals surface area contributed by atoms with Crippen molar-refractivity contribution in [1.82, 2.24) is 4.57 Å². The third kappa shape index (κ3) is 16.9. The van der Waals surface area contributed by atoms with Gasteiger partial charge >= 0.3 is 0 Å². The van der Waals surface area contributed by atoms with Gasteiger partial charge in [0.2, 0.25) is 0 Å². The Morgan fingerprint density at radius 2 is 0.613 bits per heavy atom. The Kier molecular flexibility index (Phi) is 26.9. The maximum atomic E-state index is 6.01. The summed E-state index contributed by atoms with van der Waals surface area (Å²) in [5, 5.41) is 10.8. The topological polar surface area (TPSA) is 27.1 Å². The van der Waals surface area contributed by atoms with Gasteiger partial charge in [-0.2, -0.15) is 0 Å². The van der Waals surface area contributed by atoms with Crippen molar-refractivity contribution in [1.29, 1.82) is 0 Å². The van der Waals surface area contributed by atoms with Gasteiger partial charge in [0.15, 0.2) is 11.5 Å². The lowest BCUT2D eigenvalue weighted by Crippen LogP contribution is -2.58. The number of benzene rings is 15. The molecule has 18 rings (SSSR count). The average Bonchev–Trinajstić information content (AvgIpc) is 1.02. The van der Waals surface area contributed by atoms with E-state index in [-0.39, 0.29) is 44.6 Å². The lowest BCUT2D eigenvalue weighted by atomic mass is 10.0. The van der Waals surface area contributed by atoms with E-state index < -0.39 is 8.07 Å². The first-order chi connectivity index (χ1) is 48.9. The molecule has 2 aliphatic heterocycles. The highest BCUT2D eigenvalue weighted by molar-refractivity contribution is 7.02. The first-order valence-electron chi connectivity index (χ1n) is 34.3. The lowest BCUT2D eigenvalue weighted by Gasteiger charge is -2.39. The van der Waals surface area contributed by atoms with Crippen LogP contribution in [-0.2, 0) is 7.05 Å². The molecule has 0 bridgehead atoms. The SMILES string of the molecule is C.C.C.C.C.C.CN(c1ccc(-c2ccccc2)cc1)c1ccc(-c2ccccc2)cc1.CN(c1ccccc1)c1cccc(-c2ccccc2)c1.CN1c2ccccc2Oc2cc3ccccc3cc21.CN1c2ccccc2[Si](C)(C)c2ccccc21.Cn1c2ccccc2c2cc3ccccc3cc21. The Balaban J connectivity index is 0.000000166. The normalized spacial score (nSPS) is 11.4. The number of hydrogen-bond acceptors (Lipinski definition) is 5. The second kappa shape index (κ2) is 35.8. The van der Waals surface area contributed by atoms with E-state index in [1.807, 2.05) is 42.5 Å². The number of aryl methyl sites for hydroxylation is 1. The van der Waals surface area contributed by atoms with Crippen molar-refractivity contribution in [2.75, 3.05) is 47.8 Å². The largest absolute Gasteiger partial charge is 0.453 e. The molecular weight excluding hydrogens is 1300 g/mol. The number of ether oxygens (including phenoxy) is 1. The van der Waals surface area contributed by atoms with Crippen LogP contribution in [0.3, 0.4) is 0 Å². The molecule has 0 radical (unpaired) electrons. The fourth-order valence-electron chi connectivity index (χ4n) is 13.8. The molecule has 0 aliphatic carbocycles. The second-order valence-corrected chi connectivity index (χ2v) is 30.3. The molecule has 536 valence electrons. The van der Waals surface area contributed by atoms with Crippen molar-refractivity contribution in [2.45, 2.75) is 57.7 Å². The first-order valence-corrected chi connectivity index (χ1v) is 37.3. The second-order valence-electron chi connectivity index (χ2n) is 26.0. The molecule has 0 atom stereocenters. The molecule has 15 aromatic carbocycles. The number of anilines is 8. The number of hydrogen-bond donors (Lipinski definition) is 0. The van der Waals surface area contributed by atoms with Crippen LogP contribution in [0.2, 0.25) is 13.1 Å². The lowest BCUT2D eigenvalue weighted by molar-refractivity contribution is 0.476. The Labute approximate surface area is 634 Å². The molecular formula is C99H105N5OSi. The summed E-state index contributed by atoms with van der Waals surface area (Å²) in [5.41, 5.74) is 19.8. The van der Waals surface area contributed by atoms with Crippen molar-refractivity contribution in [2.24, 2.45) is 7.05 Å². The molecule has 1 aromatic heterocycles. The predicted molar refractivity (Wildman–Crippen MR) is 473 cm³/mol. The zero-order chi connectivity index (χ0) is 68.5. The van der Waals surface area contributed by atoms with Gasteiger partial charge in [0.05, 0.1) is 11.4 Å². The van der Waals surface area contributed by atoms with Crippen LogP contribution in [0.15, 0.2) is 364 Å². The summed E-state index contributed by atoms with van der Waals surface area (Å²) in [7, 11) is 9.07. The molecule has 0 fully saturated rings. The zero-order valence-corrected chi connectivity index (χ0v) is 58.8. The van der Waals surface area contributed by atoms with Crippen LogP contribution in [0.25, 0.3) is 76.7 Å². The third-order valence-electron chi connectivity index (χ3n) is 19.5. The zero-order valence-electron chi connectivity index (χ0n) is 57.8. The minimum absolute atomic E-state index is 0. The van der Waals surface area contributed by atoms with E-state index >= 15 is 0 Å². The Morgan fingerprint density at radius 3 is 1.14 bits per heavy atom. The summed E-state index contributed by atoms with van der Waals surface area (Å²) >= 11 is 0. The summed E-state index contributed by atoms with van der Waals surface area (Å²) in [6, 6.07) is 128. The van der Waals surface area contributed by atoms with Crippen molar-refractivity contribution in [3.8, 4) is 44.9 Å². The highest BCUT2D eigenvalue weighted by Gasteiger charge is 2.36. The molecule has 0 N–H and O–H groups in total. The summed E-state index contributed by atoms with van der Waals surface area (Å²) in [4.78, 5) is 8.92. The van der Waals surface area contributed by atoms with Crippen LogP contribution < -0.4 is 34.7 Å². The Morgan fingerprint density at radius 1 is 0.255 bits per heavy atom. The van der Waals surface area contributed by atoms with E-state index in [0.29, 0.717) is 0 Å². The number of rotatable bonds is 7. The van der Waals surface area contributed by atoms with Crippen molar-refractivity contribution >= 4 is 107 Å². The van der Waals surface area contributed by atoms with Gasteiger partial charge in [-0.05, 0) is 168 Å². The standard InChI is InChI=1S/C25H21N.C19H17N.C17H13NO.C17H13N.C15H17NSi.6CH4/c1-26(24-16-12-22(13-17-24)20-8-4-2-5-9-20)25-18-14-23(15-19-25)21-10-6-3-7-11-21;1-20(18-12-6-3-7-13-18)19-14-8-11-17(15-19)16-9-4-2-5-10-16;1-18-14-8-4-5-9-16(14)19-17-11-13-7-3-2-6-12(13)10-15(17)18;1-18-16-9-5-4-8-14(16)15-10-12-6-2-3-7-13(12)11-17(15)18;1-16-12-8-4-6-10-14(12)17(2,3)15-11-7-5-9-13(15)16;;;;;;/h2-19H,1H3;2-15H,1H3;2-11H,1H3;2-11H,1H3;4-11H,1-3H3;6*1H4. The maximum Gasteiger partial charge on any atom is 0.151 e. The molecule has 3 heterocycles. The molecule has 0 amide bonds. The van der Waals surface area contributed by atoms with Gasteiger partial charge in [0.1, 0.15) is 8.07 Å². The molecule has 0 saturated carbocycles. The van der Waals surface area contributed by atoms with E-state index in [0.717, 1.165) is 22.9 Å². The van der Waals surface area contributed by atoms with Crippen molar-refractivity contribution in [3.05, 3.63) is 364 Å². The van der Waals surface area contributed by atoms with E-state index in [1.165, 1.54) is 111 Å². The Bertz CT molecular complexity index is 5320. The van der Waals surface area contributed by atoms with Crippen LogP contribution >= 0.6 is 0 Å². The summed E-state index contributed by atoms with van der Waals surface area (Å²) in [6.07, 6.45) is 0. The molecule has 0 saturated heterocycles. The van der Waals surface area contributed by atoms with Gasteiger partial charge in [0, 0.05) is 91.2 Å². The maximum absolute atomic E-state index is 6.01. The summed E-state index contributed by atoms with van der Waals surface area (Å²) in [5.74, 6) is 1.83. The number of para-hydroxylation sites is 6. The molecule has 2 aliphatic rings. The molecule has 0 spiro atoms. The van der Waals surface area contributed by atoms with E-state index in [9.17, 15) is 0 Å². The van der Waals surface area contributed by atoms with E-state index in [1.54, 1.807) is 10.4 Å². The van der Waals surface area contributed by atoms with Gasteiger partial charge in [-0.15, -0.1) is 0 Å². The van der Waals surface area contributed by atoms with Crippen LogP contribution in [0.5, 0.6) is 11.5 Å². The predicted octanol–water partition coefficient (Wildman–Crippen LogP) is 27.5. The number of fused-ring (bicyclic) bond motifs is 9. The Hall–Kier alpha value is -12.2. The van der Waals surface area contributed by atoms with Gasteiger partial charge in [-0.25, -0.2) is 0 Å². The monoisotopic (exact) mass is 1410 g/mol. The molecule has 106 heavy (non-hydrogen) atoms. The molecule has 7 heteroatoms. The fourth-order valence-corrected chi connectivity index (χ4v) is 16.9. The van der Waals surface area contributed by atoms with E-state index in [2.05, 4.69) is 394 Å². The van der Waals surface area contributed by atoms with E-state index in [4.69, 9.17) is 4.74 Å². The van der Waals surface area contributed by atoms with Gasteiger partial charge in [-0.3, -0.25) is 0 Å². The van der Waals surface area contributed by atoms with Crippen LogP contribution in [-0.4, -0.2) is 40.8 Å². The molecule has 16 aromatic rings. The van der Waals surface area contributed by atoms with Crippen LogP contribution in [0.1, 0.15) is 44.6 Å². The van der Waals surface area contributed by atoms with Gasteiger partial charge in [-0.1, -0.05) is 319 Å². The highest BCUT2D eigenvalue weighted by atomic mass is 28.3. The highest BCUT2D eigenvalue weighted by Crippen LogP contribution is 2.47. The minimum atomic E-state index is -1.52. The minimum Gasteiger partial charge on any atom is -0.453 e. The average molecular weight is 1410 g/mol. The van der Waals surface area contributed by atoms with Crippen LogP contribution in [0, 0.1) is 0 Å². The number of nitrogens with zero attached hydrogens (tertiary/aromatic N) is 5. The molecule has 6 nitrogen and oxygen atoms in total. The fraction of sp³-hybridized carbons (Fsp3) is 0.131. The molecule has 0 unspecified atom stereocenters. The first kappa shape index (κ1) is 79.5. The summed E-state index contributed by atoms with van der Waals surface area (Å²) in [6.45, 7) is 4.88.